The fraction of sp³-hybridized carbons (Fsp3) is 0.429. The van der Waals surface area contributed by atoms with E-state index >= 15 is 0 Å². The third kappa shape index (κ3) is 7.23. The summed E-state index contributed by atoms with van der Waals surface area (Å²) < 4.78 is 140. The van der Waals surface area contributed by atoms with Gasteiger partial charge in [0, 0.05) is 19.4 Å². The average Bonchev–Trinajstić information content (AvgIpc) is 2.79. The van der Waals surface area contributed by atoms with Crippen LogP contribution in [0.4, 0.5) is 0 Å². The largest absolute Gasteiger partial charge is 0.495 e. The summed E-state index contributed by atoms with van der Waals surface area (Å²) in [7, 11) is -7.33. The van der Waals surface area contributed by atoms with Crippen LogP contribution < -0.4 is 24.7 Å². The number of nitrogens with two attached hydrogens (primary N) is 1. The summed E-state index contributed by atoms with van der Waals surface area (Å²) >= 11 is 0. The summed E-state index contributed by atoms with van der Waals surface area (Å²) in [5.74, 6) is -1.98. The highest BCUT2D eigenvalue weighted by Gasteiger charge is 2.16. The average molecular weight is 436 g/mol. The number of hydrogen-bond donors (Lipinski definition) is 2. The normalized spacial score (nSPS) is 22.5. The highest BCUT2D eigenvalue weighted by atomic mass is 32.2. The zero-order valence-corrected chi connectivity index (χ0v) is 16.6. The molecule has 2 aromatic rings. The molecule has 1 unspecified atom stereocenters. The number of sulfonamides is 1. The molecule has 0 spiro atoms. The van der Waals surface area contributed by atoms with E-state index in [1.54, 1.807) is 0 Å². The number of hydrogen-bond acceptors (Lipinski definition) is 6. The third-order valence-corrected chi connectivity index (χ3v) is 4.41. The minimum absolute atomic E-state index is 0.00515. The van der Waals surface area contributed by atoms with Crippen molar-refractivity contribution < 1.29 is 40.4 Å². The van der Waals surface area contributed by atoms with Gasteiger partial charge in [0.1, 0.15) is 17.3 Å². The lowest BCUT2D eigenvalue weighted by molar-refractivity contribution is 0.220. The van der Waals surface area contributed by atoms with Gasteiger partial charge in [-0.3, -0.25) is 0 Å². The molecule has 2 rings (SSSR count). The van der Waals surface area contributed by atoms with Gasteiger partial charge in [-0.15, -0.1) is 0 Å². The molecule has 8 heteroatoms. The van der Waals surface area contributed by atoms with Crippen molar-refractivity contribution in [3.63, 3.8) is 0 Å². The molecule has 29 heavy (non-hydrogen) atoms. The van der Waals surface area contributed by atoms with Gasteiger partial charge in [0.15, 0.2) is 11.5 Å². The van der Waals surface area contributed by atoms with Crippen molar-refractivity contribution in [3.8, 4) is 17.2 Å². The van der Waals surface area contributed by atoms with Crippen LogP contribution in [0.5, 0.6) is 17.2 Å². The first-order valence-electron chi connectivity index (χ1n) is 14.8. The minimum Gasteiger partial charge on any atom is -0.495 e. The first-order valence-corrected chi connectivity index (χ1v) is 9.85. The van der Waals surface area contributed by atoms with E-state index in [1.165, 1.54) is 13.0 Å². The number of methoxy groups -OCH3 is 1. The summed E-state index contributed by atoms with van der Waals surface area (Å²) in [6.07, 6.45) is -2.64. The number of benzene rings is 2. The van der Waals surface area contributed by atoms with Crippen molar-refractivity contribution in [3.05, 3.63) is 47.9 Å². The van der Waals surface area contributed by atoms with Crippen LogP contribution in [0.1, 0.15) is 44.1 Å². The summed E-state index contributed by atoms with van der Waals surface area (Å²) in [5.41, 5.74) is 0.320. The van der Waals surface area contributed by atoms with E-state index in [1.807, 2.05) is 0 Å². The van der Waals surface area contributed by atoms with Crippen LogP contribution in [-0.2, 0) is 16.4 Å². The molecule has 0 aliphatic heterocycles. The first kappa shape index (κ1) is 10.7. The number of ether oxygens (including phenoxy) is 3. The van der Waals surface area contributed by atoms with Crippen molar-refractivity contribution in [1.29, 1.82) is 0 Å². The second-order valence-electron chi connectivity index (χ2n) is 5.96. The first-order chi connectivity index (χ1) is 18.8. The Labute approximate surface area is 191 Å². The van der Waals surface area contributed by atoms with Crippen LogP contribution in [0.25, 0.3) is 0 Å². The predicted molar refractivity (Wildman–Crippen MR) is 113 cm³/mol. The maximum absolute atomic E-state index is 12.0. The van der Waals surface area contributed by atoms with Gasteiger partial charge < -0.3 is 19.5 Å². The maximum Gasteiger partial charge on any atom is 0.241 e. The van der Waals surface area contributed by atoms with E-state index in [0.717, 1.165) is 19.1 Å². The molecule has 160 valence electrons. The van der Waals surface area contributed by atoms with Crippen molar-refractivity contribution in [2.45, 2.75) is 44.1 Å². The molecule has 0 aliphatic carbocycles. The Bertz CT molecular complexity index is 1410. The lowest BCUT2D eigenvalue weighted by Gasteiger charge is -2.17. The van der Waals surface area contributed by atoms with E-state index < -0.39 is 95.5 Å². The standard InChI is InChI=1S/C21H30N2O5S/c1-15(2)28-19-8-6-5-7-18(19)27-12-11-23-16(3)13-17-9-10-20(26-4)21(14-17)29(22,24)25/h5-10,14-16,23H,11-13H2,1-4H3,(H2,22,24,25)/t16-/m1/s1/i1D3,4D3,5D,6D,7D,8D,11D2,15D/t15?,16-. The van der Waals surface area contributed by atoms with Gasteiger partial charge in [0.25, 0.3) is 0 Å². The summed E-state index contributed by atoms with van der Waals surface area (Å²) in [6.45, 7) is -3.87. The Morgan fingerprint density at radius 2 is 2.03 bits per heavy atom. The van der Waals surface area contributed by atoms with E-state index in [0.29, 0.717) is 5.56 Å². The van der Waals surface area contributed by atoms with Gasteiger partial charge in [-0.2, -0.15) is 0 Å². The number of primary sulfonamides is 1. The van der Waals surface area contributed by atoms with Gasteiger partial charge in [-0.05, 0) is 56.9 Å². The molecule has 3 N–H and O–H groups in total. The molecule has 2 atom stereocenters. The highest BCUT2D eigenvalue weighted by Crippen LogP contribution is 2.27. The van der Waals surface area contributed by atoms with Crippen LogP contribution in [0, 0.1) is 0 Å². The van der Waals surface area contributed by atoms with E-state index in [4.69, 9.17) is 37.2 Å². The summed E-state index contributed by atoms with van der Waals surface area (Å²) in [6, 6.07) is -0.318. The second kappa shape index (κ2) is 10.5. The molecule has 0 bridgehead atoms. The molecule has 0 aliphatic rings. The Balaban J connectivity index is 2.29. The van der Waals surface area contributed by atoms with Gasteiger partial charge >= 0.3 is 0 Å². The highest BCUT2D eigenvalue weighted by molar-refractivity contribution is 7.89. The molecule has 0 aromatic heterocycles. The molecule has 0 saturated heterocycles. The van der Waals surface area contributed by atoms with Crippen LogP contribution in [-0.4, -0.2) is 40.7 Å². The fourth-order valence-corrected chi connectivity index (χ4v) is 3.04. The maximum atomic E-state index is 12.0. The lowest BCUT2D eigenvalue weighted by Crippen LogP contribution is -2.32. The molecule has 2 aromatic carbocycles. The van der Waals surface area contributed by atoms with E-state index in [2.05, 4.69) is 5.32 Å². The molecule has 0 amide bonds. The topological polar surface area (TPSA) is 99.9 Å². The van der Waals surface area contributed by atoms with Crippen molar-refractivity contribution >= 4 is 10.0 Å². The van der Waals surface area contributed by atoms with Gasteiger partial charge in [0.2, 0.25) is 10.0 Å². The Morgan fingerprint density at radius 3 is 2.72 bits per heavy atom. The van der Waals surface area contributed by atoms with Crippen molar-refractivity contribution in [2.75, 3.05) is 20.1 Å². The van der Waals surface area contributed by atoms with Crippen LogP contribution in [0.2, 0.25) is 0 Å². The van der Waals surface area contributed by atoms with Gasteiger partial charge in [0.05, 0.1) is 24.1 Å². The quantitative estimate of drug-likeness (QED) is 0.563. The monoisotopic (exact) mass is 435 g/mol. The van der Waals surface area contributed by atoms with Gasteiger partial charge in [-0.25, -0.2) is 13.6 Å². The SMILES string of the molecule is [2H]c1c([2H])c([2H])c(OC([2H])(C)C([2H])([2H])[2H])c(OCC([2H])([2H])N[C@H](C)Cc2ccc(OC([2H])([2H])[2H])c(S(N)(=O)=O)c2)c1[2H]. The van der Waals surface area contributed by atoms with Crippen LogP contribution in [0.15, 0.2) is 47.3 Å². The fourth-order valence-electron chi connectivity index (χ4n) is 2.33. The van der Waals surface area contributed by atoms with Crippen molar-refractivity contribution in [1.82, 2.24) is 5.32 Å². The predicted octanol–water partition coefficient (Wildman–Crippen LogP) is 2.73. The Hall–Kier alpha value is -2.29. The molecule has 7 nitrogen and oxygen atoms in total. The zero-order valence-electron chi connectivity index (χ0n) is 28.8. The smallest absolute Gasteiger partial charge is 0.241 e. The number of para-hydroxylation sites is 2. The Kier molecular flexibility index (Phi) is 3.85. The molecule has 0 radical (unpaired) electrons. The van der Waals surface area contributed by atoms with E-state index in [9.17, 15) is 8.42 Å². The van der Waals surface area contributed by atoms with Crippen LogP contribution >= 0.6 is 0 Å². The number of rotatable bonds is 11. The van der Waals surface area contributed by atoms with Crippen molar-refractivity contribution in [2.24, 2.45) is 5.14 Å². The minimum atomic E-state index is -4.39. The third-order valence-electron chi connectivity index (χ3n) is 3.48. The molecule has 0 heterocycles. The molecular weight excluding hydrogens is 392 g/mol. The molecule has 0 fully saturated rings. The molecular formula is C21H30N2O5S. The second-order valence-corrected chi connectivity index (χ2v) is 7.49. The lowest BCUT2D eigenvalue weighted by atomic mass is 10.1. The number of nitrogens with one attached hydrogen (secondary N) is 1. The van der Waals surface area contributed by atoms with Crippen LogP contribution in [0.3, 0.4) is 0 Å². The summed E-state index contributed by atoms with van der Waals surface area (Å²) in [5, 5.41) is 7.78. The zero-order chi connectivity index (χ0) is 32.6. The summed E-state index contributed by atoms with van der Waals surface area (Å²) in [4.78, 5) is -0.584. The Morgan fingerprint density at radius 1 is 1.28 bits per heavy atom. The molecule has 0 saturated carbocycles. The van der Waals surface area contributed by atoms with Gasteiger partial charge in [-0.1, -0.05) is 18.2 Å². The van der Waals surface area contributed by atoms with E-state index in [-0.39, 0.29) is 6.42 Å².